The van der Waals surface area contributed by atoms with Crippen molar-refractivity contribution in [3.8, 4) is 0 Å². The molecule has 1 aliphatic heterocycles. The molecule has 0 saturated carbocycles. The van der Waals surface area contributed by atoms with Gasteiger partial charge in [-0.3, -0.25) is 4.79 Å². The lowest BCUT2D eigenvalue weighted by Crippen LogP contribution is -2.38. The van der Waals surface area contributed by atoms with Gasteiger partial charge in [-0.2, -0.15) is 0 Å². The molecular weight excluding hydrogens is 232 g/mol. The number of oxazole rings is 1. The van der Waals surface area contributed by atoms with Crippen LogP contribution in [0.1, 0.15) is 12.8 Å². The molecule has 18 heavy (non-hydrogen) atoms. The summed E-state index contributed by atoms with van der Waals surface area (Å²) in [5, 5.41) is 9.12. The van der Waals surface area contributed by atoms with Crippen molar-refractivity contribution in [2.24, 2.45) is 5.92 Å². The molecule has 1 unspecified atom stereocenters. The van der Waals surface area contributed by atoms with E-state index in [1.165, 1.54) is 6.39 Å². The fourth-order valence-corrected chi connectivity index (χ4v) is 2.52. The number of hydrogen-bond acceptors (Lipinski definition) is 4. The summed E-state index contributed by atoms with van der Waals surface area (Å²) in [6.45, 7) is 1.41. The van der Waals surface area contributed by atoms with Gasteiger partial charge < -0.3 is 14.4 Å². The highest BCUT2D eigenvalue weighted by atomic mass is 16.4. The van der Waals surface area contributed by atoms with Gasteiger partial charge in [-0.25, -0.2) is 4.98 Å². The lowest BCUT2D eigenvalue weighted by atomic mass is 9.97. The topological polar surface area (TPSA) is 66.6 Å². The number of aromatic nitrogens is 1. The average molecular weight is 246 g/mol. The van der Waals surface area contributed by atoms with E-state index in [0.717, 1.165) is 36.2 Å². The maximum absolute atomic E-state index is 11.1. The molecule has 94 valence electrons. The summed E-state index contributed by atoms with van der Waals surface area (Å²) in [7, 11) is 0. The van der Waals surface area contributed by atoms with Crippen LogP contribution < -0.4 is 4.90 Å². The molecule has 5 heteroatoms. The summed E-state index contributed by atoms with van der Waals surface area (Å²) < 4.78 is 5.27. The minimum atomic E-state index is -0.716. The van der Waals surface area contributed by atoms with Crippen molar-refractivity contribution < 1.29 is 14.3 Å². The molecule has 3 rings (SSSR count). The standard InChI is InChI=1S/C13H14N2O3/c16-13(17)9-3-2-6-15(7-9)10-4-1-5-11-12(10)14-8-18-11/h1,4-5,8-9H,2-3,6-7H2,(H,16,17). The number of nitrogens with zero attached hydrogens (tertiary/aromatic N) is 2. The Kier molecular flexibility index (Phi) is 2.66. The van der Waals surface area contributed by atoms with Crippen molar-refractivity contribution in [1.29, 1.82) is 0 Å². The van der Waals surface area contributed by atoms with E-state index in [4.69, 9.17) is 9.52 Å². The Morgan fingerprint density at radius 1 is 1.50 bits per heavy atom. The Hall–Kier alpha value is -2.04. The van der Waals surface area contributed by atoms with Gasteiger partial charge in [-0.15, -0.1) is 0 Å². The number of carbonyl (C=O) groups is 1. The van der Waals surface area contributed by atoms with Crippen LogP contribution in [0, 0.1) is 5.92 Å². The van der Waals surface area contributed by atoms with E-state index >= 15 is 0 Å². The number of para-hydroxylation sites is 1. The van der Waals surface area contributed by atoms with Crippen LogP contribution in [-0.2, 0) is 4.79 Å². The second kappa shape index (κ2) is 4.33. The minimum absolute atomic E-state index is 0.291. The Morgan fingerprint density at radius 3 is 3.22 bits per heavy atom. The van der Waals surface area contributed by atoms with Crippen LogP contribution in [-0.4, -0.2) is 29.1 Å². The molecule has 1 N–H and O–H groups in total. The number of carboxylic acids is 1. The lowest BCUT2D eigenvalue weighted by Gasteiger charge is -2.32. The van der Waals surface area contributed by atoms with E-state index < -0.39 is 5.97 Å². The minimum Gasteiger partial charge on any atom is -0.481 e. The second-order valence-corrected chi connectivity index (χ2v) is 4.60. The number of rotatable bonds is 2. The lowest BCUT2D eigenvalue weighted by molar-refractivity contribution is -0.141. The molecule has 0 spiro atoms. The summed E-state index contributed by atoms with van der Waals surface area (Å²) in [4.78, 5) is 17.4. The van der Waals surface area contributed by atoms with Gasteiger partial charge in [-0.05, 0) is 25.0 Å². The molecule has 1 fully saturated rings. The van der Waals surface area contributed by atoms with Gasteiger partial charge in [0.15, 0.2) is 12.0 Å². The van der Waals surface area contributed by atoms with Crippen LogP contribution in [0.3, 0.4) is 0 Å². The average Bonchev–Trinajstić information content (AvgIpc) is 2.87. The molecule has 1 aliphatic rings. The maximum Gasteiger partial charge on any atom is 0.308 e. The van der Waals surface area contributed by atoms with Crippen LogP contribution >= 0.6 is 0 Å². The van der Waals surface area contributed by atoms with Gasteiger partial charge in [0.05, 0.1) is 11.6 Å². The quantitative estimate of drug-likeness (QED) is 0.879. The van der Waals surface area contributed by atoms with E-state index in [0.29, 0.717) is 6.54 Å². The van der Waals surface area contributed by atoms with Crippen molar-refractivity contribution in [2.75, 3.05) is 18.0 Å². The summed E-state index contributed by atoms with van der Waals surface area (Å²) in [6, 6.07) is 5.74. The van der Waals surface area contributed by atoms with Crippen LogP contribution in [0.2, 0.25) is 0 Å². The number of carboxylic acid groups (broad SMARTS) is 1. The van der Waals surface area contributed by atoms with Gasteiger partial charge in [0, 0.05) is 13.1 Å². The van der Waals surface area contributed by atoms with E-state index in [2.05, 4.69) is 9.88 Å². The molecule has 2 heterocycles. The molecule has 5 nitrogen and oxygen atoms in total. The van der Waals surface area contributed by atoms with Gasteiger partial charge >= 0.3 is 5.97 Å². The Balaban J connectivity index is 1.94. The molecule has 0 amide bonds. The third-order valence-corrected chi connectivity index (χ3v) is 3.45. The smallest absolute Gasteiger partial charge is 0.308 e. The molecule has 1 atom stereocenters. The van der Waals surface area contributed by atoms with Crippen molar-refractivity contribution in [2.45, 2.75) is 12.8 Å². The van der Waals surface area contributed by atoms with Crippen LogP contribution in [0.4, 0.5) is 5.69 Å². The molecule has 0 radical (unpaired) electrons. The number of piperidine rings is 1. The molecule has 1 aromatic heterocycles. The van der Waals surface area contributed by atoms with Crippen molar-refractivity contribution >= 4 is 22.8 Å². The highest BCUT2D eigenvalue weighted by Crippen LogP contribution is 2.29. The van der Waals surface area contributed by atoms with Crippen molar-refractivity contribution in [3.63, 3.8) is 0 Å². The fraction of sp³-hybridized carbons (Fsp3) is 0.385. The Morgan fingerprint density at radius 2 is 2.39 bits per heavy atom. The summed E-state index contributed by atoms with van der Waals surface area (Å²) >= 11 is 0. The summed E-state index contributed by atoms with van der Waals surface area (Å²) in [6.07, 6.45) is 3.07. The van der Waals surface area contributed by atoms with Crippen molar-refractivity contribution in [3.05, 3.63) is 24.6 Å². The fourth-order valence-electron chi connectivity index (χ4n) is 2.52. The largest absolute Gasteiger partial charge is 0.481 e. The zero-order chi connectivity index (χ0) is 12.5. The monoisotopic (exact) mass is 246 g/mol. The number of anilines is 1. The first kappa shape index (κ1) is 11.1. The van der Waals surface area contributed by atoms with E-state index in [1.54, 1.807) is 0 Å². The first-order chi connectivity index (χ1) is 8.75. The number of benzene rings is 1. The van der Waals surface area contributed by atoms with Gasteiger partial charge in [0.1, 0.15) is 5.52 Å². The molecule has 0 aliphatic carbocycles. The number of aliphatic carboxylic acids is 1. The maximum atomic E-state index is 11.1. The van der Waals surface area contributed by atoms with Gasteiger partial charge in [0.25, 0.3) is 0 Å². The van der Waals surface area contributed by atoms with E-state index in [9.17, 15) is 4.79 Å². The van der Waals surface area contributed by atoms with Gasteiger partial charge in [0.2, 0.25) is 0 Å². The normalized spacial score (nSPS) is 20.2. The molecule has 0 bridgehead atoms. The first-order valence-electron chi connectivity index (χ1n) is 6.05. The van der Waals surface area contributed by atoms with Gasteiger partial charge in [-0.1, -0.05) is 6.07 Å². The first-order valence-corrected chi connectivity index (χ1v) is 6.05. The van der Waals surface area contributed by atoms with Crippen LogP contribution in [0.25, 0.3) is 11.1 Å². The SMILES string of the molecule is O=C(O)C1CCCN(c2cccc3ocnc23)C1. The molecule has 2 aromatic rings. The highest BCUT2D eigenvalue weighted by Gasteiger charge is 2.26. The molecule has 1 saturated heterocycles. The van der Waals surface area contributed by atoms with Crippen LogP contribution in [0.15, 0.2) is 29.0 Å². The number of fused-ring (bicyclic) bond motifs is 1. The third kappa shape index (κ3) is 1.81. The third-order valence-electron chi connectivity index (χ3n) is 3.45. The molecule has 1 aromatic carbocycles. The number of hydrogen-bond donors (Lipinski definition) is 1. The zero-order valence-electron chi connectivity index (χ0n) is 9.87. The Bertz CT molecular complexity index is 578. The highest BCUT2D eigenvalue weighted by molar-refractivity contribution is 5.87. The zero-order valence-corrected chi connectivity index (χ0v) is 9.87. The summed E-state index contributed by atoms with van der Waals surface area (Å²) in [5.41, 5.74) is 2.51. The Labute approximate surface area is 104 Å². The second-order valence-electron chi connectivity index (χ2n) is 4.60. The predicted octanol–water partition coefficient (Wildman–Crippen LogP) is 2.13. The predicted molar refractivity (Wildman–Crippen MR) is 66.6 cm³/mol. The van der Waals surface area contributed by atoms with E-state index in [1.807, 2.05) is 18.2 Å². The molecular formula is C13H14N2O3. The van der Waals surface area contributed by atoms with E-state index in [-0.39, 0.29) is 5.92 Å². The van der Waals surface area contributed by atoms with Crippen LogP contribution in [0.5, 0.6) is 0 Å². The van der Waals surface area contributed by atoms with Crippen molar-refractivity contribution in [1.82, 2.24) is 4.98 Å². The summed E-state index contributed by atoms with van der Waals surface area (Å²) in [5.74, 6) is -1.01.